The molecule has 0 aliphatic rings. The Morgan fingerprint density at radius 1 is 1.06 bits per heavy atom. The summed E-state index contributed by atoms with van der Waals surface area (Å²) in [6, 6.07) is 9.20. The summed E-state index contributed by atoms with van der Waals surface area (Å²) in [5, 5.41) is 32.3. The number of para-hydroxylation sites is 1. The number of carbonyl (C=O) groups is 1. The number of aliphatic hydroxyl groups is 1. The van der Waals surface area contributed by atoms with Gasteiger partial charge in [-0.05, 0) is 32.9 Å². The van der Waals surface area contributed by atoms with Gasteiger partial charge in [-0.25, -0.2) is 4.68 Å². The van der Waals surface area contributed by atoms with Crippen LogP contribution in [0, 0.1) is 13.8 Å². The fourth-order valence-electron chi connectivity index (χ4n) is 2.86. The molecule has 2 aromatic heterocycles. The van der Waals surface area contributed by atoms with Crippen LogP contribution in [0.1, 0.15) is 25.2 Å². The van der Waals surface area contributed by atoms with Gasteiger partial charge >= 0.3 is 0 Å². The van der Waals surface area contributed by atoms with E-state index in [2.05, 4.69) is 30.7 Å². The van der Waals surface area contributed by atoms with Crippen LogP contribution < -0.4 is 5.56 Å². The number of Topliss-reactive ketones (excluding diaryl/α,β-unsaturated/α-hetero) is 1. The minimum Gasteiger partial charge on any atom is -0.510 e. The van der Waals surface area contributed by atoms with Crippen molar-refractivity contribution in [3.63, 3.8) is 0 Å². The Kier molecular flexibility index (Phi) is 6.05. The van der Waals surface area contributed by atoms with Gasteiger partial charge in [0.05, 0.1) is 17.1 Å². The van der Waals surface area contributed by atoms with Gasteiger partial charge in [0, 0.05) is 14.0 Å². The fraction of sp³-hybridized carbons (Fsp3) is 0.250. The lowest BCUT2D eigenvalue weighted by molar-refractivity contribution is -0.113. The van der Waals surface area contributed by atoms with Gasteiger partial charge in [0.15, 0.2) is 22.9 Å². The standard InChI is InChI=1S/C20H22N8O3/c1-11-16(19(25-21-11)26-24-18(13(3)29)14(4)30)22-23-17-12(2)27(5)28(20(17)31)15-9-7-6-8-10-15/h6-10,29H,1-5H3,(H,21,25)/b18-13-,23-22?,26-24?. The van der Waals surface area contributed by atoms with Crippen molar-refractivity contribution in [3.05, 3.63) is 63.5 Å². The van der Waals surface area contributed by atoms with Crippen molar-refractivity contribution in [2.75, 3.05) is 0 Å². The Morgan fingerprint density at radius 3 is 2.32 bits per heavy atom. The van der Waals surface area contributed by atoms with E-state index in [1.165, 1.54) is 18.5 Å². The summed E-state index contributed by atoms with van der Waals surface area (Å²) >= 11 is 0. The summed E-state index contributed by atoms with van der Waals surface area (Å²) in [5.41, 5.74) is 1.80. The number of benzene rings is 1. The van der Waals surface area contributed by atoms with Crippen molar-refractivity contribution < 1.29 is 9.90 Å². The maximum atomic E-state index is 13.0. The van der Waals surface area contributed by atoms with E-state index in [9.17, 15) is 14.7 Å². The van der Waals surface area contributed by atoms with E-state index < -0.39 is 5.78 Å². The number of allylic oxidation sites excluding steroid dienone is 2. The smallest absolute Gasteiger partial charge is 0.299 e. The number of aryl methyl sites for hydroxylation is 1. The van der Waals surface area contributed by atoms with Crippen LogP contribution in [0.3, 0.4) is 0 Å². The van der Waals surface area contributed by atoms with Gasteiger partial charge < -0.3 is 5.11 Å². The monoisotopic (exact) mass is 422 g/mol. The number of H-pyrrole nitrogens is 1. The van der Waals surface area contributed by atoms with Crippen LogP contribution in [0.4, 0.5) is 17.2 Å². The molecule has 2 N–H and O–H groups in total. The molecule has 0 fully saturated rings. The molecule has 0 saturated carbocycles. The molecule has 0 amide bonds. The highest BCUT2D eigenvalue weighted by Crippen LogP contribution is 2.31. The number of nitrogens with one attached hydrogen (secondary N) is 1. The van der Waals surface area contributed by atoms with Gasteiger partial charge in [-0.3, -0.25) is 19.4 Å². The molecule has 0 saturated heterocycles. The van der Waals surface area contributed by atoms with Crippen molar-refractivity contribution in [3.8, 4) is 5.69 Å². The van der Waals surface area contributed by atoms with Gasteiger partial charge in [-0.15, -0.1) is 20.5 Å². The Balaban J connectivity index is 2.01. The minimum absolute atomic E-state index is 0.0678. The second-order valence-electron chi connectivity index (χ2n) is 6.82. The van der Waals surface area contributed by atoms with E-state index in [0.29, 0.717) is 17.1 Å². The molecule has 1 aromatic carbocycles. The third kappa shape index (κ3) is 4.25. The Labute approximate surface area is 177 Å². The number of aromatic nitrogens is 4. The van der Waals surface area contributed by atoms with Gasteiger partial charge in [-0.2, -0.15) is 5.10 Å². The van der Waals surface area contributed by atoms with Crippen molar-refractivity contribution in [2.24, 2.45) is 27.5 Å². The van der Waals surface area contributed by atoms with E-state index in [1.54, 1.807) is 25.6 Å². The zero-order valence-corrected chi connectivity index (χ0v) is 17.8. The number of azo groups is 2. The molecule has 2 heterocycles. The zero-order valence-electron chi connectivity index (χ0n) is 17.8. The molecule has 160 valence electrons. The van der Waals surface area contributed by atoms with E-state index in [1.807, 2.05) is 30.3 Å². The molecule has 31 heavy (non-hydrogen) atoms. The molecular formula is C20H22N8O3. The SMILES string of the molecule is CC(=O)/C(N=Nc1n[nH]c(C)c1N=Nc1c(C)n(C)n(-c2ccccc2)c1=O)=C(\C)O. The highest BCUT2D eigenvalue weighted by Gasteiger charge is 2.17. The molecule has 0 radical (unpaired) electrons. The molecule has 0 bridgehead atoms. The second kappa shape index (κ2) is 8.69. The maximum absolute atomic E-state index is 13.0. The summed E-state index contributed by atoms with van der Waals surface area (Å²) in [5.74, 6) is -0.633. The van der Waals surface area contributed by atoms with Crippen molar-refractivity contribution in [1.29, 1.82) is 0 Å². The first-order valence-electron chi connectivity index (χ1n) is 9.35. The number of aliphatic hydroxyl groups excluding tert-OH is 1. The lowest BCUT2D eigenvalue weighted by Crippen LogP contribution is -2.19. The van der Waals surface area contributed by atoms with Crippen LogP contribution in [0.15, 0.2) is 67.0 Å². The summed E-state index contributed by atoms with van der Waals surface area (Å²) < 4.78 is 3.20. The van der Waals surface area contributed by atoms with Crippen molar-refractivity contribution >= 4 is 23.0 Å². The second-order valence-corrected chi connectivity index (χ2v) is 6.82. The minimum atomic E-state index is -0.444. The van der Waals surface area contributed by atoms with Crippen LogP contribution in [0.25, 0.3) is 5.69 Å². The first kappa shape index (κ1) is 21.6. The third-order valence-corrected chi connectivity index (χ3v) is 4.59. The predicted octanol–water partition coefficient (Wildman–Crippen LogP) is 4.39. The summed E-state index contributed by atoms with van der Waals surface area (Å²) in [7, 11) is 1.76. The molecule has 3 aromatic rings. The fourth-order valence-corrected chi connectivity index (χ4v) is 2.86. The van der Waals surface area contributed by atoms with Crippen LogP contribution in [0.5, 0.6) is 0 Å². The average molecular weight is 422 g/mol. The molecule has 11 nitrogen and oxygen atoms in total. The Hall–Kier alpha value is -4.15. The van der Waals surface area contributed by atoms with Gasteiger partial charge in [0.2, 0.25) is 5.82 Å². The predicted molar refractivity (Wildman–Crippen MR) is 114 cm³/mol. The molecule has 0 atom stereocenters. The highest BCUT2D eigenvalue weighted by molar-refractivity contribution is 5.93. The summed E-state index contributed by atoms with van der Waals surface area (Å²) in [6.07, 6.45) is 0. The molecule has 0 spiro atoms. The quantitative estimate of drug-likeness (QED) is 0.345. The van der Waals surface area contributed by atoms with Crippen LogP contribution in [-0.2, 0) is 11.8 Å². The number of ketones is 1. The Bertz CT molecular complexity index is 1270. The topological polar surface area (TPSA) is 142 Å². The number of hydrogen-bond acceptors (Lipinski definition) is 8. The van der Waals surface area contributed by atoms with Crippen LogP contribution in [-0.4, -0.2) is 30.5 Å². The van der Waals surface area contributed by atoms with Crippen molar-refractivity contribution in [2.45, 2.75) is 27.7 Å². The van der Waals surface area contributed by atoms with Gasteiger partial charge in [0.1, 0.15) is 5.76 Å². The van der Waals surface area contributed by atoms with E-state index in [-0.39, 0.29) is 34.2 Å². The van der Waals surface area contributed by atoms with E-state index in [4.69, 9.17) is 0 Å². The number of aromatic amines is 1. The average Bonchev–Trinajstić information content (AvgIpc) is 3.17. The lowest BCUT2D eigenvalue weighted by atomic mass is 10.3. The molecule has 0 unspecified atom stereocenters. The van der Waals surface area contributed by atoms with E-state index in [0.717, 1.165) is 0 Å². The molecule has 11 heteroatoms. The maximum Gasteiger partial charge on any atom is 0.299 e. The number of carbonyl (C=O) groups excluding carboxylic acids is 1. The normalized spacial score (nSPS) is 12.7. The highest BCUT2D eigenvalue weighted by atomic mass is 16.3. The van der Waals surface area contributed by atoms with Gasteiger partial charge in [0.25, 0.3) is 5.56 Å². The third-order valence-electron chi connectivity index (χ3n) is 4.59. The molecular weight excluding hydrogens is 400 g/mol. The van der Waals surface area contributed by atoms with Crippen LogP contribution >= 0.6 is 0 Å². The van der Waals surface area contributed by atoms with Crippen LogP contribution in [0.2, 0.25) is 0 Å². The first-order valence-corrected chi connectivity index (χ1v) is 9.35. The molecule has 3 rings (SSSR count). The lowest BCUT2D eigenvalue weighted by Gasteiger charge is -2.07. The van der Waals surface area contributed by atoms with Gasteiger partial charge in [-0.1, -0.05) is 18.2 Å². The summed E-state index contributed by atoms with van der Waals surface area (Å²) in [6.45, 7) is 6.08. The molecule has 0 aliphatic carbocycles. The number of hydrogen-bond donors (Lipinski definition) is 2. The zero-order chi connectivity index (χ0) is 22.7. The Morgan fingerprint density at radius 2 is 1.71 bits per heavy atom. The van der Waals surface area contributed by atoms with Crippen molar-refractivity contribution in [1.82, 2.24) is 19.6 Å². The van der Waals surface area contributed by atoms with E-state index >= 15 is 0 Å². The first-order chi connectivity index (χ1) is 14.7. The molecule has 0 aliphatic heterocycles. The number of nitrogens with zero attached hydrogens (tertiary/aromatic N) is 7. The number of rotatable bonds is 6. The largest absolute Gasteiger partial charge is 0.510 e. The summed E-state index contributed by atoms with van der Waals surface area (Å²) in [4.78, 5) is 24.5.